The Kier molecular flexibility index (Phi) is 3.78. The van der Waals surface area contributed by atoms with Gasteiger partial charge in [0, 0.05) is 11.8 Å². The zero-order valence-electron chi connectivity index (χ0n) is 10.2. The standard InChI is InChI=1S/C13H11N3O3/c1-9-5-13(16-19-9)18-8-12(17)15-11-4-2-3-10(6-11)7-14/h2-6H,8H2,1H3,(H,15,17). The minimum Gasteiger partial charge on any atom is -0.465 e. The van der Waals surface area contributed by atoms with E-state index in [4.69, 9.17) is 14.5 Å². The highest BCUT2D eigenvalue weighted by Crippen LogP contribution is 2.11. The second kappa shape index (κ2) is 5.69. The molecule has 0 saturated heterocycles. The summed E-state index contributed by atoms with van der Waals surface area (Å²) in [5.74, 6) is 0.534. The lowest BCUT2D eigenvalue weighted by Crippen LogP contribution is -2.20. The summed E-state index contributed by atoms with van der Waals surface area (Å²) in [6.45, 7) is 1.55. The number of nitriles is 1. The Bertz CT molecular complexity index is 628. The number of hydrogen-bond donors (Lipinski definition) is 1. The molecule has 6 nitrogen and oxygen atoms in total. The lowest BCUT2D eigenvalue weighted by Gasteiger charge is -2.05. The Hall–Kier alpha value is -2.81. The highest BCUT2D eigenvalue weighted by atomic mass is 16.5. The largest absolute Gasteiger partial charge is 0.465 e. The Labute approximate surface area is 109 Å². The maximum atomic E-state index is 11.6. The van der Waals surface area contributed by atoms with Crippen molar-refractivity contribution in [1.82, 2.24) is 5.16 Å². The average Bonchev–Trinajstić information content (AvgIpc) is 2.82. The van der Waals surface area contributed by atoms with Crippen molar-refractivity contribution in [3.63, 3.8) is 0 Å². The van der Waals surface area contributed by atoms with Gasteiger partial charge in [0.2, 0.25) is 0 Å². The number of carbonyl (C=O) groups is 1. The van der Waals surface area contributed by atoms with Crippen LogP contribution in [-0.4, -0.2) is 17.7 Å². The Morgan fingerprint density at radius 3 is 3.05 bits per heavy atom. The van der Waals surface area contributed by atoms with Crippen LogP contribution >= 0.6 is 0 Å². The van der Waals surface area contributed by atoms with Crippen molar-refractivity contribution >= 4 is 11.6 Å². The summed E-state index contributed by atoms with van der Waals surface area (Å²) >= 11 is 0. The summed E-state index contributed by atoms with van der Waals surface area (Å²) in [6, 6.07) is 10.2. The van der Waals surface area contributed by atoms with Crippen molar-refractivity contribution < 1.29 is 14.1 Å². The van der Waals surface area contributed by atoms with Gasteiger partial charge in [-0.2, -0.15) is 5.26 Å². The number of rotatable bonds is 4. The molecule has 96 valence electrons. The first-order valence-electron chi connectivity index (χ1n) is 5.53. The number of carbonyl (C=O) groups excluding carboxylic acids is 1. The number of nitrogens with one attached hydrogen (secondary N) is 1. The summed E-state index contributed by atoms with van der Waals surface area (Å²) in [5.41, 5.74) is 1.02. The van der Waals surface area contributed by atoms with Gasteiger partial charge in [0.1, 0.15) is 5.76 Å². The number of nitrogens with zero attached hydrogens (tertiary/aromatic N) is 2. The van der Waals surface area contributed by atoms with Crippen LogP contribution in [0.3, 0.4) is 0 Å². The number of ether oxygens (including phenoxy) is 1. The molecule has 0 bridgehead atoms. The molecule has 0 fully saturated rings. The van der Waals surface area contributed by atoms with E-state index in [2.05, 4.69) is 10.5 Å². The third-order valence-corrected chi connectivity index (χ3v) is 2.23. The van der Waals surface area contributed by atoms with Crippen molar-refractivity contribution in [1.29, 1.82) is 5.26 Å². The molecule has 0 atom stereocenters. The number of anilines is 1. The van der Waals surface area contributed by atoms with Gasteiger partial charge in [-0.05, 0) is 30.3 Å². The number of aryl methyl sites for hydroxylation is 1. The second-order valence-corrected chi connectivity index (χ2v) is 3.81. The predicted molar refractivity (Wildman–Crippen MR) is 66.5 cm³/mol. The monoisotopic (exact) mass is 257 g/mol. The van der Waals surface area contributed by atoms with E-state index in [9.17, 15) is 4.79 Å². The maximum absolute atomic E-state index is 11.6. The molecule has 1 aromatic carbocycles. The minimum atomic E-state index is -0.337. The first-order chi connectivity index (χ1) is 9.17. The third-order valence-electron chi connectivity index (χ3n) is 2.23. The Morgan fingerprint density at radius 2 is 2.37 bits per heavy atom. The van der Waals surface area contributed by atoms with Gasteiger partial charge in [-0.25, -0.2) is 0 Å². The number of aromatic nitrogens is 1. The molecule has 6 heteroatoms. The highest BCUT2D eigenvalue weighted by molar-refractivity contribution is 5.92. The van der Waals surface area contributed by atoms with E-state index in [1.807, 2.05) is 6.07 Å². The zero-order chi connectivity index (χ0) is 13.7. The van der Waals surface area contributed by atoms with Crippen molar-refractivity contribution in [2.24, 2.45) is 0 Å². The molecule has 1 N–H and O–H groups in total. The van der Waals surface area contributed by atoms with Gasteiger partial charge in [-0.3, -0.25) is 4.79 Å². The summed E-state index contributed by atoms with van der Waals surface area (Å²) in [4.78, 5) is 11.6. The van der Waals surface area contributed by atoms with E-state index >= 15 is 0 Å². The van der Waals surface area contributed by atoms with Crippen molar-refractivity contribution in [3.8, 4) is 11.9 Å². The van der Waals surface area contributed by atoms with Gasteiger partial charge in [-0.1, -0.05) is 6.07 Å². The normalized spacial score (nSPS) is 9.68. The third kappa shape index (κ3) is 3.57. The van der Waals surface area contributed by atoms with Crippen molar-refractivity contribution in [3.05, 3.63) is 41.7 Å². The van der Waals surface area contributed by atoms with Gasteiger partial charge in [-0.15, -0.1) is 0 Å². The van der Waals surface area contributed by atoms with Crippen molar-refractivity contribution in [2.75, 3.05) is 11.9 Å². The lowest BCUT2D eigenvalue weighted by atomic mass is 10.2. The fourth-order valence-corrected chi connectivity index (χ4v) is 1.41. The van der Waals surface area contributed by atoms with E-state index in [1.165, 1.54) is 0 Å². The molecule has 0 aliphatic carbocycles. The zero-order valence-corrected chi connectivity index (χ0v) is 10.2. The molecule has 1 amide bonds. The Morgan fingerprint density at radius 1 is 1.53 bits per heavy atom. The average molecular weight is 257 g/mol. The summed E-state index contributed by atoms with van der Waals surface area (Å²) < 4.78 is 9.94. The van der Waals surface area contributed by atoms with E-state index in [0.717, 1.165) is 0 Å². The van der Waals surface area contributed by atoms with Crippen LogP contribution in [-0.2, 0) is 4.79 Å². The first-order valence-corrected chi connectivity index (χ1v) is 5.53. The first kappa shape index (κ1) is 12.6. The number of amides is 1. The molecule has 19 heavy (non-hydrogen) atoms. The summed E-state index contributed by atoms with van der Waals surface area (Å²) in [5, 5.41) is 15.0. The smallest absolute Gasteiger partial charge is 0.262 e. The molecule has 0 aliphatic rings. The SMILES string of the molecule is Cc1cc(OCC(=O)Nc2cccc(C#N)c2)no1. The number of benzene rings is 1. The minimum absolute atomic E-state index is 0.178. The van der Waals surface area contributed by atoms with E-state index in [-0.39, 0.29) is 18.4 Å². The highest BCUT2D eigenvalue weighted by Gasteiger charge is 2.06. The van der Waals surface area contributed by atoms with Crippen LogP contribution in [0.2, 0.25) is 0 Å². The fraction of sp³-hybridized carbons (Fsp3) is 0.154. The molecule has 0 aliphatic heterocycles. The van der Waals surface area contributed by atoms with Gasteiger partial charge < -0.3 is 14.6 Å². The van der Waals surface area contributed by atoms with Crippen LogP contribution < -0.4 is 10.1 Å². The van der Waals surface area contributed by atoms with Crippen LogP contribution in [0.15, 0.2) is 34.9 Å². The molecule has 0 unspecified atom stereocenters. The molecule has 0 spiro atoms. The molecule has 0 saturated carbocycles. The molecule has 1 heterocycles. The van der Waals surface area contributed by atoms with Crippen molar-refractivity contribution in [2.45, 2.75) is 6.92 Å². The van der Waals surface area contributed by atoms with E-state index in [1.54, 1.807) is 37.3 Å². The summed E-state index contributed by atoms with van der Waals surface area (Å²) in [7, 11) is 0. The van der Waals surface area contributed by atoms with E-state index < -0.39 is 0 Å². The number of hydrogen-bond acceptors (Lipinski definition) is 5. The van der Waals surface area contributed by atoms with Gasteiger partial charge in [0.05, 0.1) is 11.6 Å². The molecule has 2 rings (SSSR count). The van der Waals surface area contributed by atoms with Crippen LogP contribution in [0.25, 0.3) is 0 Å². The molecular formula is C13H11N3O3. The maximum Gasteiger partial charge on any atom is 0.262 e. The van der Waals surface area contributed by atoms with Gasteiger partial charge >= 0.3 is 0 Å². The fourth-order valence-electron chi connectivity index (χ4n) is 1.41. The summed E-state index contributed by atoms with van der Waals surface area (Å²) in [6.07, 6.45) is 0. The van der Waals surface area contributed by atoms with Crippen LogP contribution in [0.1, 0.15) is 11.3 Å². The molecule has 2 aromatic rings. The predicted octanol–water partition coefficient (Wildman–Crippen LogP) is 1.87. The molecule has 0 radical (unpaired) electrons. The van der Waals surface area contributed by atoms with Gasteiger partial charge in [0.15, 0.2) is 6.61 Å². The lowest BCUT2D eigenvalue weighted by molar-refractivity contribution is -0.118. The topological polar surface area (TPSA) is 88.1 Å². The Balaban J connectivity index is 1.89. The molecular weight excluding hydrogens is 246 g/mol. The second-order valence-electron chi connectivity index (χ2n) is 3.81. The quantitative estimate of drug-likeness (QED) is 0.903. The van der Waals surface area contributed by atoms with Crippen LogP contribution in [0, 0.1) is 18.3 Å². The molecule has 1 aromatic heterocycles. The van der Waals surface area contributed by atoms with Crippen LogP contribution in [0.5, 0.6) is 5.88 Å². The van der Waals surface area contributed by atoms with Gasteiger partial charge in [0.25, 0.3) is 11.8 Å². The van der Waals surface area contributed by atoms with E-state index in [0.29, 0.717) is 17.0 Å². The van der Waals surface area contributed by atoms with Crippen LogP contribution in [0.4, 0.5) is 5.69 Å².